The topological polar surface area (TPSA) is 36.1 Å². The molecule has 4 heteroatoms. The molecule has 1 N–H and O–H groups in total. The summed E-state index contributed by atoms with van der Waals surface area (Å²) >= 11 is 0. The van der Waals surface area contributed by atoms with Gasteiger partial charge in [0, 0.05) is 29.6 Å². The van der Waals surface area contributed by atoms with Gasteiger partial charge in [0.25, 0.3) is 0 Å². The van der Waals surface area contributed by atoms with Crippen LogP contribution >= 0.6 is 0 Å². The van der Waals surface area contributed by atoms with Crippen molar-refractivity contribution in [3.63, 3.8) is 0 Å². The molecule has 0 bridgehead atoms. The van der Waals surface area contributed by atoms with E-state index in [1.54, 1.807) is 12.1 Å². The number of carbonyl (C=O) groups is 1. The van der Waals surface area contributed by atoms with E-state index in [0.717, 1.165) is 42.4 Å². The third kappa shape index (κ3) is 2.30. The Bertz CT molecular complexity index is 647. The molecule has 1 amide bonds. The number of H-pyrrole nitrogens is 1. The van der Waals surface area contributed by atoms with E-state index in [0.29, 0.717) is 13.0 Å². The smallest absolute Gasteiger partial charge is 0.222 e. The zero-order valence-corrected chi connectivity index (χ0v) is 11.7. The number of fused-ring (bicyclic) bond motifs is 3. The summed E-state index contributed by atoms with van der Waals surface area (Å²) in [5, 5.41) is 0.959. The fourth-order valence-electron chi connectivity index (χ4n) is 2.91. The van der Waals surface area contributed by atoms with Gasteiger partial charge in [-0.25, -0.2) is 4.39 Å². The molecule has 3 nitrogen and oxygen atoms in total. The van der Waals surface area contributed by atoms with Crippen LogP contribution in [0.1, 0.15) is 37.4 Å². The summed E-state index contributed by atoms with van der Waals surface area (Å²) in [7, 11) is 0. The Balaban J connectivity index is 1.85. The van der Waals surface area contributed by atoms with Crippen molar-refractivity contribution in [1.82, 2.24) is 9.88 Å². The van der Waals surface area contributed by atoms with Gasteiger partial charge in [-0.15, -0.1) is 0 Å². The molecular weight excluding hydrogens is 255 g/mol. The van der Waals surface area contributed by atoms with Gasteiger partial charge in [0.1, 0.15) is 5.82 Å². The number of amides is 1. The van der Waals surface area contributed by atoms with Crippen LogP contribution in [-0.4, -0.2) is 22.3 Å². The predicted octanol–water partition coefficient (Wildman–Crippen LogP) is 3.38. The number of aromatic nitrogens is 1. The Labute approximate surface area is 117 Å². The second-order valence-corrected chi connectivity index (χ2v) is 5.44. The monoisotopic (exact) mass is 274 g/mol. The first-order valence-electron chi connectivity index (χ1n) is 7.25. The maximum Gasteiger partial charge on any atom is 0.222 e. The second kappa shape index (κ2) is 5.27. The standard InChI is InChI=1S/C16H19FN2O/c1-2-3-4-16(20)19-8-7-12-13-9-11(17)5-6-14(13)18-15(12)10-19/h5-6,9,18H,2-4,7-8,10H2,1H3. The third-order valence-electron chi connectivity index (χ3n) is 4.03. The summed E-state index contributed by atoms with van der Waals surface area (Å²) in [4.78, 5) is 17.3. The number of rotatable bonds is 3. The molecule has 1 aromatic carbocycles. The normalized spacial score (nSPS) is 14.6. The van der Waals surface area contributed by atoms with Gasteiger partial charge in [-0.3, -0.25) is 4.79 Å². The quantitative estimate of drug-likeness (QED) is 0.915. The largest absolute Gasteiger partial charge is 0.357 e. The van der Waals surface area contributed by atoms with Gasteiger partial charge < -0.3 is 9.88 Å². The van der Waals surface area contributed by atoms with Crippen LogP contribution in [0.15, 0.2) is 18.2 Å². The van der Waals surface area contributed by atoms with E-state index < -0.39 is 0 Å². The van der Waals surface area contributed by atoms with Crippen LogP contribution in [0.2, 0.25) is 0 Å². The third-order valence-corrected chi connectivity index (χ3v) is 4.03. The number of hydrogen-bond acceptors (Lipinski definition) is 1. The fourth-order valence-corrected chi connectivity index (χ4v) is 2.91. The number of halogens is 1. The lowest BCUT2D eigenvalue weighted by molar-refractivity contribution is -0.132. The molecule has 0 saturated carbocycles. The summed E-state index contributed by atoms with van der Waals surface area (Å²) in [6.07, 6.45) is 3.41. The number of hydrogen-bond donors (Lipinski definition) is 1. The highest BCUT2D eigenvalue weighted by molar-refractivity contribution is 5.85. The van der Waals surface area contributed by atoms with Crippen LogP contribution in [-0.2, 0) is 17.8 Å². The zero-order valence-electron chi connectivity index (χ0n) is 11.7. The van der Waals surface area contributed by atoms with Crippen LogP contribution in [0.25, 0.3) is 10.9 Å². The summed E-state index contributed by atoms with van der Waals surface area (Å²) in [5.74, 6) is 0.0167. The van der Waals surface area contributed by atoms with Crippen molar-refractivity contribution >= 4 is 16.8 Å². The molecule has 0 unspecified atom stereocenters. The first-order chi connectivity index (χ1) is 9.69. The molecule has 2 heterocycles. The van der Waals surface area contributed by atoms with Gasteiger partial charge in [0.2, 0.25) is 5.91 Å². The van der Waals surface area contributed by atoms with Crippen molar-refractivity contribution in [1.29, 1.82) is 0 Å². The number of carbonyl (C=O) groups excluding carboxylic acids is 1. The lowest BCUT2D eigenvalue weighted by Crippen LogP contribution is -2.35. The molecular formula is C16H19FN2O. The molecule has 0 aliphatic carbocycles. The molecule has 1 aromatic heterocycles. The zero-order chi connectivity index (χ0) is 14.1. The first-order valence-corrected chi connectivity index (χ1v) is 7.25. The van der Waals surface area contributed by atoms with Crippen LogP contribution < -0.4 is 0 Å². The molecule has 106 valence electrons. The van der Waals surface area contributed by atoms with Crippen molar-refractivity contribution in [3.05, 3.63) is 35.3 Å². The number of aromatic amines is 1. The Morgan fingerprint density at radius 2 is 2.30 bits per heavy atom. The van der Waals surface area contributed by atoms with Crippen molar-refractivity contribution < 1.29 is 9.18 Å². The molecule has 0 fully saturated rings. The molecule has 20 heavy (non-hydrogen) atoms. The number of nitrogens with one attached hydrogen (secondary N) is 1. The average molecular weight is 274 g/mol. The minimum Gasteiger partial charge on any atom is -0.357 e. The van der Waals surface area contributed by atoms with Crippen LogP contribution in [0, 0.1) is 5.82 Å². The number of benzene rings is 1. The number of nitrogens with zero attached hydrogens (tertiary/aromatic N) is 1. The lowest BCUT2D eigenvalue weighted by Gasteiger charge is -2.27. The molecule has 0 saturated heterocycles. The van der Waals surface area contributed by atoms with Gasteiger partial charge >= 0.3 is 0 Å². The van der Waals surface area contributed by atoms with E-state index in [4.69, 9.17) is 0 Å². The van der Waals surface area contributed by atoms with Gasteiger partial charge in [-0.2, -0.15) is 0 Å². The second-order valence-electron chi connectivity index (χ2n) is 5.44. The molecule has 2 aromatic rings. The molecule has 0 spiro atoms. The molecule has 1 aliphatic rings. The molecule has 1 aliphatic heterocycles. The van der Waals surface area contributed by atoms with E-state index in [-0.39, 0.29) is 11.7 Å². The van der Waals surface area contributed by atoms with Crippen molar-refractivity contribution in [2.45, 2.75) is 39.2 Å². The minimum atomic E-state index is -0.208. The Morgan fingerprint density at radius 3 is 3.10 bits per heavy atom. The summed E-state index contributed by atoms with van der Waals surface area (Å²) in [5.41, 5.74) is 3.18. The van der Waals surface area contributed by atoms with E-state index >= 15 is 0 Å². The van der Waals surface area contributed by atoms with E-state index in [2.05, 4.69) is 11.9 Å². The van der Waals surface area contributed by atoms with Crippen LogP contribution in [0.4, 0.5) is 4.39 Å². The van der Waals surface area contributed by atoms with Gasteiger partial charge in [-0.05, 0) is 36.6 Å². The number of unbranched alkanes of at least 4 members (excludes halogenated alkanes) is 1. The minimum absolute atomic E-state index is 0.208. The Hall–Kier alpha value is -1.84. The van der Waals surface area contributed by atoms with Gasteiger partial charge in [-0.1, -0.05) is 13.3 Å². The van der Waals surface area contributed by atoms with Crippen molar-refractivity contribution in [3.8, 4) is 0 Å². The fraction of sp³-hybridized carbons (Fsp3) is 0.438. The average Bonchev–Trinajstić information content (AvgIpc) is 2.81. The Kier molecular flexibility index (Phi) is 3.47. The van der Waals surface area contributed by atoms with Gasteiger partial charge in [0.15, 0.2) is 0 Å². The SMILES string of the molecule is CCCCC(=O)N1CCc2c([nH]c3ccc(F)cc23)C1. The van der Waals surface area contributed by atoms with Gasteiger partial charge in [0.05, 0.1) is 6.54 Å². The van der Waals surface area contributed by atoms with E-state index in [1.165, 1.54) is 11.6 Å². The van der Waals surface area contributed by atoms with E-state index in [9.17, 15) is 9.18 Å². The van der Waals surface area contributed by atoms with Crippen molar-refractivity contribution in [2.75, 3.05) is 6.54 Å². The highest BCUT2D eigenvalue weighted by Gasteiger charge is 2.23. The Morgan fingerprint density at radius 1 is 1.45 bits per heavy atom. The van der Waals surface area contributed by atoms with E-state index in [1.807, 2.05) is 4.90 Å². The maximum atomic E-state index is 13.4. The molecule has 0 atom stereocenters. The lowest BCUT2D eigenvalue weighted by atomic mass is 10.0. The maximum absolute atomic E-state index is 13.4. The summed E-state index contributed by atoms with van der Waals surface area (Å²) in [6, 6.07) is 4.82. The van der Waals surface area contributed by atoms with Crippen LogP contribution in [0.3, 0.4) is 0 Å². The van der Waals surface area contributed by atoms with Crippen LogP contribution in [0.5, 0.6) is 0 Å². The summed E-state index contributed by atoms with van der Waals surface area (Å²) < 4.78 is 13.4. The first kappa shape index (κ1) is 13.2. The highest BCUT2D eigenvalue weighted by Crippen LogP contribution is 2.28. The molecule has 3 rings (SSSR count). The molecule has 0 radical (unpaired) electrons. The highest BCUT2D eigenvalue weighted by atomic mass is 19.1. The predicted molar refractivity (Wildman–Crippen MR) is 76.9 cm³/mol. The van der Waals surface area contributed by atoms with Crippen molar-refractivity contribution in [2.24, 2.45) is 0 Å². The summed E-state index contributed by atoms with van der Waals surface area (Å²) in [6.45, 7) is 3.45.